The van der Waals surface area contributed by atoms with Crippen molar-refractivity contribution in [3.05, 3.63) is 0 Å². The fourth-order valence-electron chi connectivity index (χ4n) is 0. The molecule has 0 aromatic heterocycles. The van der Waals surface area contributed by atoms with Crippen LogP contribution in [-0.4, -0.2) is 28.2 Å². The van der Waals surface area contributed by atoms with Gasteiger partial charge in [-0.1, -0.05) is 0 Å². The Kier molecular flexibility index (Phi) is 13.1. The summed E-state index contributed by atoms with van der Waals surface area (Å²) in [5.41, 5.74) is 0. The van der Waals surface area contributed by atoms with Crippen LogP contribution >= 0.6 is 0 Å². The molecule has 7 heavy (non-hydrogen) atoms. The third-order valence-electron chi connectivity index (χ3n) is 0. The van der Waals surface area contributed by atoms with E-state index in [-0.39, 0.29) is 59.0 Å². The molecule has 0 saturated heterocycles. The second-order valence-electron chi connectivity index (χ2n) is 0.600. The second-order valence-corrected chi connectivity index (χ2v) is 1.80. The van der Waals surface area contributed by atoms with Gasteiger partial charge in [0, 0.05) is 0 Å². The fraction of sp³-hybridized carbons (Fsp3) is 0. The van der Waals surface area contributed by atoms with Crippen LogP contribution in [0, 0.1) is 0 Å². The SMILES string of the molecule is N.O[Si](O)(O)O.[H-].[K+]. The molecule has 0 amide bonds. The molecule has 0 unspecified atom stereocenters. The van der Waals surface area contributed by atoms with Crippen LogP contribution in [0.4, 0.5) is 0 Å². The van der Waals surface area contributed by atoms with Gasteiger partial charge in [0.1, 0.15) is 0 Å². The van der Waals surface area contributed by atoms with E-state index < -0.39 is 9.05 Å². The van der Waals surface area contributed by atoms with Crippen molar-refractivity contribution in [1.82, 2.24) is 6.15 Å². The van der Waals surface area contributed by atoms with Gasteiger partial charge in [-0.3, -0.25) is 0 Å². The second kappa shape index (κ2) is 5.78. The average Bonchev–Trinajstić information content (AvgIpc) is 0.722. The van der Waals surface area contributed by atoms with Crippen molar-refractivity contribution in [2.45, 2.75) is 0 Å². The van der Waals surface area contributed by atoms with E-state index >= 15 is 0 Å². The third-order valence-corrected chi connectivity index (χ3v) is 0. The molecule has 5 nitrogen and oxygen atoms in total. The van der Waals surface area contributed by atoms with Crippen LogP contribution in [0.1, 0.15) is 1.43 Å². The van der Waals surface area contributed by atoms with E-state index in [4.69, 9.17) is 19.2 Å². The number of hydrogen-bond donors (Lipinski definition) is 5. The molecule has 0 atom stereocenters. The monoisotopic (exact) mass is 153 g/mol. The molecule has 0 aliphatic heterocycles. The van der Waals surface area contributed by atoms with Crippen LogP contribution in [0.2, 0.25) is 0 Å². The minimum Gasteiger partial charge on any atom is -1.00 e. The molecule has 0 saturated carbocycles. The normalized spacial score (nSPS) is 8.57. The van der Waals surface area contributed by atoms with Crippen LogP contribution < -0.4 is 57.5 Å². The van der Waals surface area contributed by atoms with Crippen LogP contribution in [0.3, 0.4) is 0 Å². The molecule has 0 aliphatic rings. The fourth-order valence-corrected chi connectivity index (χ4v) is 0. The van der Waals surface area contributed by atoms with Gasteiger partial charge < -0.3 is 26.8 Å². The van der Waals surface area contributed by atoms with Gasteiger partial charge in [-0.25, -0.2) is 0 Å². The molecule has 7 N–H and O–H groups in total. The first-order valence-electron chi connectivity index (χ1n) is 0.894. The van der Waals surface area contributed by atoms with Crippen molar-refractivity contribution in [2.24, 2.45) is 0 Å². The Labute approximate surface area is 86.0 Å². The summed E-state index contributed by atoms with van der Waals surface area (Å²) in [6.45, 7) is 0. The molecule has 0 aromatic carbocycles. The van der Waals surface area contributed by atoms with Crippen LogP contribution in [0.5, 0.6) is 0 Å². The van der Waals surface area contributed by atoms with Crippen molar-refractivity contribution in [3.63, 3.8) is 0 Å². The molecule has 0 heterocycles. The van der Waals surface area contributed by atoms with Crippen LogP contribution in [0.25, 0.3) is 0 Å². The summed E-state index contributed by atoms with van der Waals surface area (Å²) in [7, 11) is -4.61. The van der Waals surface area contributed by atoms with E-state index in [1.807, 2.05) is 0 Å². The Morgan fingerprint density at radius 3 is 1.00 bits per heavy atom. The molecule has 0 aliphatic carbocycles. The summed E-state index contributed by atoms with van der Waals surface area (Å²) in [6.07, 6.45) is 0. The van der Waals surface area contributed by atoms with E-state index in [1.54, 1.807) is 0 Å². The minimum atomic E-state index is -4.61. The first-order valence-corrected chi connectivity index (χ1v) is 2.68. The van der Waals surface area contributed by atoms with Gasteiger partial charge in [0.15, 0.2) is 0 Å². The quantitative estimate of drug-likeness (QED) is 0.223. The van der Waals surface area contributed by atoms with Crippen molar-refractivity contribution in [2.75, 3.05) is 0 Å². The summed E-state index contributed by atoms with van der Waals surface area (Å²) in [4.78, 5) is 29.3. The number of rotatable bonds is 0. The summed E-state index contributed by atoms with van der Waals surface area (Å²) < 4.78 is 0. The van der Waals surface area contributed by atoms with Gasteiger partial charge in [-0.2, -0.15) is 0 Å². The van der Waals surface area contributed by atoms with Gasteiger partial charge in [-0.15, -0.1) is 0 Å². The zero-order valence-electron chi connectivity index (χ0n) is 5.00. The molecule has 0 rings (SSSR count). The van der Waals surface area contributed by atoms with E-state index in [1.165, 1.54) is 0 Å². The average molecular weight is 153 g/mol. The van der Waals surface area contributed by atoms with Crippen molar-refractivity contribution in [3.8, 4) is 0 Å². The topological polar surface area (TPSA) is 116 Å². The van der Waals surface area contributed by atoms with E-state index in [0.29, 0.717) is 0 Å². The van der Waals surface area contributed by atoms with Gasteiger partial charge in [-0.05, 0) is 0 Å². The maximum absolute atomic E-state index is 7.33. The summed E-state index contributed by atoms with van der Waals surface area (Å²) in [5, 5.41) is 0. The standard InChI is InChI=1S/K.H3N.H4O4Si.H/c;;1-5(2,3)4;/h;1H3;1-4H;/q+1;;;-1. The van der Waals surface area contributed by atoms with Gasteiger partial charge in [0.2, 0.25) is 0 Å². The molecule has 0 aromatic rings. The first kappa shape index (κ1) is 15.9. The summed E-state index contributed by atoms with van der Waals surface area (Å²) in [5.74, 6) is 0. The smallest absolute Gasteiger partial charge is 1.00 e. The molecule has 0 bridgehead atoms. The zero-order valence-corrected chi connectivity index (χ0v) is 8.12. The zero-order chi connectivity index (χ0) is 4.50. The van der Waals surface area contributed by atoms with Crippen molar-refractivity contribution < 1.29 is 72.0 Å². The minimum absolute atomic E-state index is 0. The Bertz CT molecular complexity index is 31.5. The van der Waals surface area contributed by atoms with Crippen LogP contribution in [0.15, 0.2) is 0 Å². The predicted molar refractivity (Wildman–Crippen MR) is 20.8 cm³/mol. The predicted octanol–water partition coefficient (Wildman–Crippen LogP) is -5.33. The maximum Gasteiger partial charge on any atom is 1.00 e. The Morgan fingerprint density at radius 1 is 1.00 bits per heavy atom. The Hall–Kier alpha value is 1.65. The molecule has 7 heteroatoms. The summed E-state index contributed by atoms with van der Waals surface area (Å²) >= 11 is 0. The largest absolute Gasteiger partial charge is 1.00 e. The molecule has 42 valence electrons. The molecule has 0 radical (unpaired) electrons. The Balaban J connectivity index is -0.0000000267. The van der Waals surface area contributed by atoms with Crippen molar-refractivity contribution in [1.29, 1.82) is 0 Å². The maximum atomic E-state index is 7.33. The molecular weight excluding hydrogens is 145 g/mol. The van der Waals surface area contributed by atoms with Crippen molar-refractivity contribution >= 4 is 9.05 Å². The third kappa shape index (κ3) is 89.5. The van der Waals surface area contributed by atoms with E-state index in [2.05, 4.69) is 0 Å². The van der Waals surface area contributed by atoms with Gasteiger partial charge in [0.25, 0.3) is 0 Å². The van der Waals surface area contributed by atoms with Gasteiger partial charge >= 0.3 is 60.4 Å². The molecule has 0 fully saturated rings. The molecular formula is H8KNO4Si. The number of hydrogen-bond acceptors (Lipinski definition) is 5. The Morgan fingerprint density at radius 2 is 1.00 bits per heavy atom. The summed E-state index contributed by atoms with van der Waals surface area (Å²) in [6, 6.07) is 0. The van der Waals surface area contributed by atoms with Crippen LogP contribution in [-0.2, 0) is 0 Å². The van der Waals surface area contributed by atoms with Gasteiger partial charge in [0.05, 0.1) is 0 Å². The first-order chi connectivity index (χ1) is 2.00. The molecule has 0 spiro atoms. The van der Waals surface area contributed by atoms with E-state index in [9.17, 15) is 0 Å². The van der Waals surface area contributed by atoms with E-state index in [0.717, 1.165) is 0 Å².